The van der Waals surface area contributed by atoms with E-state index in [2.05, 4.69) is 0 Å². The van der Waals surface area contributed by atoms with Crippen LogP contribution in [0.5, 0.6) is 0 Å². The van der Waals surface area contributed by atoms with Gasteiger partial charge in [-0.25, -0.2) is 4.79 Å². The average molecular weight is 300 g/mol. The lowest BCUT2D eigenvalue weighted by Crippen LogP contribution is -2.77. The van der Waals surface area contributed by atoms with Crippen LogP contribution >= 0.6 is 11.8 Å². The van der Waals surface area contributed by atoms with Crippen molar-refractivity contribution in [2.45, 2.75) is 31.2 Å². The number of ether oxygens (including phenoxy) is 1. The van der Waals surface area contributed by atoms with E-state index in [9.17, 15) is 19.5 Å². The largest absolute Gasteiger partial charge is 0.477 e. The van der Waals surface area contributed by atoms with Crippen molar-refractivity contribution < 1.29 is 24.2 Å². The minimum absolute atomic E-state index is 0.102. The smallest absolute Gasteiger partial charge is 0.352 e. The van der Waals surface area contributed by atoms with Crippen molar-refractivity contribution in [1.82, 2.24) is 4.90 Å². The molecule has 1 unspecified atom stereocenters. The maximum absolute atomic E-state index is 12.1. The van der Waals surface area contributed by atoms with Crippen LogP contribution in [0.2, 0.25) is 0 Å². The molecular formula is C12H16N2O5S. The maximum Gasteiger partial charge on any atom is 0.352 e. The van der Waals surface area contributed by atoms with E-state index in [1.165, 1.54) is 23.6 Å². The van der Waals surface area contributed by atoms with Gasteiger partial charge in [-0.2, -0.15) is 0 Å². The molecule has 2 aliphatic heterocycles. The molecule has 2 aliphatic rings. The van der Waals surface area contributed by atoms with Gasteiger partial charge in [0.15, 0.2) is 0 Å². The summed E-state index contributed by atoms with van der Waals surface area (Å²) in [6, 6.07) is 0. The fraction of sp³-hybridized carbons (Fsp3) is 0.583. The Labute approximate surface area is 120 Å². The number of carboxylic acids is 1. The highest BCUT2D eigenvalue weighted by Crippen LogP contribution is 2.46. The van der Waals surface area contributed by atoms with Gasteiger partial charge in [-0.3, -0.25) is 14.5 Å². The lowest BCUT2D eigenvalue weighted by Gasteiger charge is -2.55. The van der Waals surface area contributed by atoms with Crippen LogP contribution in [0.4, 0.5) is 0 Å². The molecule has 8 heteroatoms. The Morgan fingerprint density at radius 3 is 2.75 bits per heavy atom. The van der Waals surface area contributed by atoms with Crippen LogP contribution in [-0.4, -0.2) is 51.1 Å². The van der Waals surface area contributed by atoms with Gasteiger partial charge in [0.2, 0.25) is 0 Å². The molecule has 0 bridgehead atoms. The standard InChI is InChI=1S/C12H16N2O5S/c1-3-12(13)10(18)14-8(9(16)17)7(4-19-6(2)15)5-20-11(12)14/h11H,3-5,13H2,1-2H3,(H,16,17)/t11-,12?/m1/s1. The summed E-state index contributed by atoms with van der Waals surface area (Å²) in [5.74, 6) is -1.72. The van der Waals surface area contributed by atoms with Gasteiger partial charge in [-0.15, -0.1) is 11.8 Å². The normalized spacial score (nSPS) is 28.9. The topological polar surface area (TPSA) is 110 Å². The molecule has 0 spiro atoms. The summed E-state index contributed by atoms with van der Waals surface area (Å²) in [5.41, 5.74) is 5.33. The zero-order valence-electron chi connectivity index (χ0n) is 11.2. The fourth-order valence-electron chi connectivity index (χ4n) is 2.34. The monoisotopic (exact) mass is 300 g/mol. The van der Waals surface area contributed by atoms with Crippen LogP contribution in [0.15, 0.2) is 11.3 Å². The molecule has 2 atom stereocenters. The van der Waals surface area contributed by atoms with Crippen LogP contribution in [-0.2, 0) is 19.1 Å². The summed E-state index contributed by atoms with van der Waals surface area (Å²) in [7, 11) is 0. The Kier molecular flexibility index (Phi) is 3.79. The van der Waals surface area contributed by atoms with E-state index in [1.807, 2.05) is 0 Å². The number of fused-ring (bicyclic) bond motifs is 1. The number of β-lactam (4-membered cyclic amide) rings is 1. The molecular weight excluding hydrogens is 284 g/mol. The molecule has 0 aromatic carbocycles. The Morgan fingerprint density at radius 2 is 2.25 bits per heavy atom. The number of thioether (sulfide) groups is 1. The highest BCUT2D eigenvalue weighted by molar-refractivity contribution is 8.00. The van der Waals surface area contributed by atoms with Gasteiger partial charge < -0.3 is 15.6 Å². The summed E-state index contributed by atoms with van der Waals surface area (Å²) in [6.45, 7) is 2.93. The van der Waals surface area contributed by atoms with E-state index < -0.39 is 23.4 Å². The summed E-state index contributed by atoms with van der Waals surface area (Å²) < 4.78 is 4.84. The Hall–Kier alpha value is -1.54. The fourth-order valence-corrected chi connectivity index (χ4v) is 3.83. The second kappa shape index (κ2) is 5.10. The van der Waals surface area contributed by atoms with Gasteiger partial charge in [0.05, 0.1) is 0 Å². The van der Waals surface area contributed by atoms with Crippen LogP contribution < -0.4 is 5.73 Å². The number of hydrogen-bond donors (Lipinski definition) is 2. The number of rotatable bonds is 4. The summed E-state index contributed by atoms with van der Waals surface area (Å²) in [6.07, 6.45) is 0.451. The first-order valence-corrected chi connectivity index (χ1v) is 7.20. The molecule has 0 aromatic heterocycles. The van der Waals surface area contributed by atoms with Gasteiger partial charge in [0, 0.05) is 18.2 Å². The van der Waals surface area contributed by atoms with Gasteiger partial charge >= 0.3 is 11.9 Å². The van der Waals surface area contributed by atoms with Crippen LogP contribution in [0, 0.1) is 0 Å². The lowest BCUT2D eigenvalue weighted by molar-refractivity contribution is -0.155. The number of carbonyl (C=O) groups is 3. The lowest BCUT2D eigenvalue weighted by atomic mass is 9.85. The maximum atomic E-state index is 12.1. The molecule has 0 aliphatic carbocycles. The quantitative estimate of drug-likeness (QED) is 0.551. The van der Waals surface area contributed by atoms with E-state index in [1.54, 1.807) is 6.92 Å². The predicted octanol–water partition coefficient (Wildman–Crippen LogP) is -0.0892. The first-order valence-electron chi connectivity index (χ1n) is 6.15. The number of carboxylic acid groups (broad SMARTS) is 1. The van der Waals surface area contributed by atoms with Crippen LogP contribution in [0.1, 0.15) is 20.3 Å². The number of amides is 1. The molecule has 3 N–H and O–H groups in total. The molecule has 0 saturated carbocycles. The van der Waals surface area contributed by atoms with Crippen molar-refractivity contribution in [1.29, 1.82) is 0 Å². The van der Waals surface area contributed by atoms with E-state index >= 15 is 0 Å². The number of carbonyl (C=O) groups excluding carboxylic acids is 2. The number of aliphatic carboxylic acids is 1. The van der Waals surface area contributed by atoms with Crippen molar-refractivity contribution in [3.8, 4) is 0 Å². The third kappa shape index (κ3) is 2.08. The van der Waals surface area contributed by atoms with Crippen molar-refractivity contribution >= 4 is 29.6 Å². The first-order chi connectivity index (χ1) is 9.32. The molecule has 1 amide bonds. The highest BCUT2D eigenvalue weighted by Gasteiger charge is 2.61. The highest BCUT2D eigenvalue weighted by atomic mass is 32.2. The first kappa shape index (κ1) is 14.9. The van der Waals surface area contributed by atoms with Gasteiger partial charge in [-0.05, 0) is 6.42 Å². The minimum Gasteiger partial charge on any atom is -0.477 e. The number of esters is 1. The van der Waals surface area contributed by atoms with Gasteiger partial charge in [0.1, 0.15) is 23.2 Å². The molecule has 2 rings (SSSR count). The van der Waals surface area contributed by atoms with Crippen molar-refractivity contribution in [2.24, 2.45) is 5.73 Å². The van der Waals surface area contributed by atoms with Gasteiger partial charge in [0.25, 0.3) is 5.91 Å². The van der Waals surface area contributed by atoms with E-state index in [-0.39, 0.29) is 17.7 Å². The summed E-state index contributed by atoms with van der Waals surface area (Å²) in [4.78, 5) is 35.6. The number of nitrogens with zero attached hydrogens (tertiary/aromatic N) is 1. The van der Waals surface area contributed by atoms with E-state index in [0.29, 0.717) is 17.7 Å². The molecule has 1 fully saturated rings. The van der Waals surface area contributed by atoms with Crippen molar-refractivity contribution in [3.63, 3.8) is 0 Å². The van der Waals surface area contributed by atoms with Gasteiger partial charge in [-0.1, -0.05) is 6.92 Å². The third-order valence-electron chi connectivity index (χ3n) is 3.52. The Morgan fingerprint density at radius 1 is 1.60 bits per heavy atom. The molecule has 0 aromatic rings. The Bertz CT molecular complexity index is 518. The van der Waals surface area contributed by atoms with Crippen LogP contribution in [0.25, 0.3) is 0 Å². The van der Waals surface area contributed by atoms with Crippen LogP contribution in [0.3, 0.4) is 0 Å². The molecule has 2 heterocycles. The van der Waals surface area contributed by atoms with E-state index in [0.717, 1.165) is 0 Å². The summed E-state index contributed by atoms with van der Waals surface area (Å²) in [5, 5.41) is 8.95. The number of nitrogens with two attached hydrogens (primary N) is 1. The molecule has 0 radical (unpaired) electrons. The molecule has 7 nitrogen and oxygen atoms in total. The molecule has 110 valence electrons. The Balaban J connectivity index is 2.31. The predicted molar refractivity (Wildman–Crippen MR) is 71.6 cm³/mol. The minimum atomic E-state index is -1.20. The molecule has 20 heavy (non-hydrogen) atoms. The third-order valence-corrected chi connectivity index (χ3v) is 4.98. The van der Waals surface area contributed by atoms with Crippen molar-refractivity contribution in [3.05, 3.63) is 11.3 Å². The zero-order valence-corrected chi connectivity index (χ0v) is 12.0. The second-order valence-electron chi connectivity index (χ2n) is 4.77. The summed E-state index contributed by atoms with van der Waals surface area (Å²) >= 11 is 1.40. The average Bonchev–Trinajstić information content (AvgIpc) is 2.42. The number of hydrogen-bond acceptors (Lipinski definition) is 6. The van der Waals surface area contributed by atoms with Crippen molar-refractivity contribution in [2.75, 3.05) is 12.4 Å². The zero-order chi connectivity index (χ0) is 15.1. The second-order valence-corrected chi connectivity index (χ2v) is 5.84. The SMILES string of the molecule is CCC1(N)C(=O)N2C(C(=O)O)=C(COC(C)=O)CS[C@@H]21. The molecule has 1 saturated heterocycles. The van der Waals surface area contributed by atoms with E-state index in [4.69, 9.17) is 10.5 Å².